The number of carbonyl (C=O) groups excluding carboxylic acids is 3. The highest BCUT2D eigenvalue weighted by molar-refractivity contribution is 5.84. The second-order valence-corrected chi connectivity index (χ2v) is 12.1. The van der Waals surface area contributed by atoms with E-state index in [1.165, 1.54) is 0 Å². The number of nitrogens with two attached hydrogens (primary N) is 2. The van der Waals surface area contributed by atoms with E-state index in [1.807, 2.05) is 0 Å². The van der Waals surface area contributed by atoms with Crippen LogP contribution in [-0.2, 0) is 19.1 Å². The SMILES string of the molecule is CN(C)[C@@H](CCC(N)=O)C(=O)OC12CC3C[C@H](C1)CC([C@H](N)C(=O)N1C4CC4C[C@H]1C#N)(C3)C2. The average molecular weight is 472 g/mol. The Balaban J connectivity index is 1.35. The summed E-state index contributed by atoms with van der Waals surface area (Å²) < 4.78 is 6.29. The second kappa shape index (κ2) is 8.20. The summed E-state index contributed by atoms with van der Waals surface area (Å²) in [5.74, 6) is 0.368. The quantitative estimate of drug-likeness (QED) is 0.501. The lowest BCUT2D eigenvalue weighted by atomic mass is 9.46. The van der Waals surface area contributed by atoms with Gasteiger partial charge in [-0.05, 0) is 95.1 Å². The highest BCUT2D eigenvalue weighted by atomic mass is 16.6. The van der Waals surface area contributed by atoms with Crippen LogP contribution in [0.1, 0.15) is 64.2 Å². The van der Waals surface area contributed by atoms with Crippen molar-refractivity contribution in [2.24, 2.45) is 34.6 Å². The minimum Gasteiger partial charge on any atom is -0.458 e. The van der Waals surface area contributed by atoms with Gasteiger partial charge in [0, 0.05) is 12.5 Å². The lowest BCUT2D eigenvalue weighted by Gasteiger charge is -2.62. The Bertz CT molecular complexity index is 915. The van der Waals surface area contributed by atoms with Crippen molar-refractivity contribution in [2.45, 2.75) is 94.0 Å². The number of ether oxygens (including phenoxy) is 1. The number of hydrogen-bond donors (Lipinski definition) is 2. The van der Waals surface area contributed by atoms with Gasteiger partial charge in [-0.15, -0.1) is 0 Å². The Kier molecular flexibility index (Phi) is 5.68. The van der Waals surface area contributed by atoms with Crippen LogP contribution >= 0.6 is 0 Å². The number of amides is 2. The van der Waals surface area contributed by atoms with E-state index in [4.69, 9.17) is 16.2 Å². The van der Waals surface area contributed by atoms with Crippen LogP contribution in [0.2, 0.25) is 0 Å². The number of hydrogen-bond acceptors (Lipinski definition) is 7. The van der Waals surface area contributed by atoms with E-state index in [0.717, 1.165) is 44.9 Å². The van der Waals surface area contributed by atoms with Crippen LogP contribution in [0.4, 0.5) is 0 Å². The third kappa shape index (κ3) is 3.89. The molecule has 0 aromatic heterocycles. The van der Waals surface area contributed by atoms with Crippen LogP contribution in [0.25, 0.3) is 0 Å². The molecule has 34 heavy (non-hydrogen) atoms. The third-order valence-electron chi connectivity index (χ3n) is 9.36. The molecule has 1 aliphatic heterocycles. The third-order valence-corrected chi connectivity index (χ3v) is 9.36. The number of nitrogens with zero attached hydrogens (tertiary/aromatic N) is 3. The van der Waals surface area contributed by atoms with Gasteiger partial charge in [0.25, 0.3) is 0 Å². The molecular weight excluding hydrogens is 434 g/mol. The van der Waals surface area contributed by atoms with Gasteiger partial charge in [0.05, 0.1) is 12.1 Å². The van der Waals surface area contributed by atoms with Crippen molar-refractivity contribution in [2.75, 3.05) is 14.1 Å². The summed E-state index contributed by atoms with van der Waals surface area (Å²) >= 11 is 0. The summed E-state index contributed by atoms with van der Waals surface area (Å²) in [6.45, 7) is 0. The molecule has 1 heterocycles. The Morgan fingerprint density at radius 1 is 1.15 bits per heavy atom. The molecule has 5 unspecified atom stereocenters. The van der Waals surface area contributed by atoms with E-state index in [2.05, 4.69) is 6.07 Å². The largest absolute Gasteiger partial charge is 0.458 e. The highest BCUT2D eigenvalue weighted by Gasteiger charge is 2.64. The average Bonchev–Trinajstić information content (AvgIpc) is 3.40. The number of likely N-dealkylation sites (tertiary alicyclic amines) is 1. The molecule has 4 bridgehead atoms. The van der Waals surface area contributed by atoms with E-state index < -0.39 is 29.0 Å². The molecule has 5 saturated carbocycles. The smallest absolute Gasteiger partial charge is 0.323 e. The first-order valence-electron chi connectivity index (χ1n) is 12.7. The Hall–Kier alpha value is -2.18. The number of primary amides is 1. The monoisotopic (exact) mass is 471 g/mol. The number of nitriles is 1. The van der Waals surface area contributed by atoms with Crippen LogP contribution in [-0.4, -0.2) is 71.4 Å². The Labute approximate surface area is 201 Å². The molecule has 186 valence electrons. The molecule has 1 saturated heterocycles. The molecule has 5 aliphatic carbocycles. The van der Waals surface area contributed by atoms with Gasteiger partial charge in [0.1, 0.15) is 17.7 Å². The van der Waals surface area contributed by atoms with Crippen molar-refractivity contribution < 1.29 is 19.1 Å². The van der Waals surface area contributed by atoms with Crippen LogP contribution in [0.15, 0.2) is 0 Å². The molecule has 0 spiro atoms. The first-order chi connectivity index (χ1) is 16.1. The minimum absolute atomic E-state index is 0.0902. The molecule has 0 aromatic rings. The standard InChI is InChI=1S/C25H37N5O4/c1-29(2)18(3-4-20(27)31)23(33)34-25-10-14-5-15(11-25)9-24(8-14,13-25)21(28)22(32)30-17(12-26)6-16-7-19(16)30/h14-19,21H,3-11,13,28H2,1-2H3,(H2,27,31)/t14-,15?,16?,17-,18-,19?,21+,24?,25?/m0/s1. The molecule has 2 amide bonds. The van der Waals surface area contributed by atoms with Crippen molar-refractivity contribution in [1.29, 1.82) is 5.26 Å². The molecule has 9 atom stereocenters. The summed E-state index contributed by atoms with van der Waals surface area (Å²) in [6, 6.07) is 0.896. The van der Waals surface area contributed by atoms with Gasteiger partial charge >= 0.3 is 5.97 Å². The van der Waals surface area contributed by atoms with Crippen molar-refractivity contribution in [3.05, 3.63) is 0 Å². The molecule has 4 N–H and O–H groups in total. The zero-order valence-corrected chi connectivity index (χ0v) is 20.2. The minimum atomic E-state index is -0.675. The number of piperidine rings is 1. The van der Waals surface area contributed by atoms with Gasteiger partial charge < -0.3 is 21.1 Å². The predicted molar refractivity (Wildman–Crippen MR) is 123 cm³/mol. The van der Waals surface area contributed by atoms with Gasteiger partial charge in [-0.1, -0.05) is 0 Å². The summed E-state index contributed by atoms with van der Waals surface area (Å²) in [6.07, 6.45) is 7.26. The number of esters is 1. The molecule has 0 radical (unpaired) electrons. The zero-order chi connectivity index (χ0) is 24.4. The van der Waals surface area contributed by atoms with Crippen molar-refractivity contribution in [3.63, 3.8) is 0 Å². The molecule has 0 aromatic carbocycles. The highest BCUT2D eigenvalue weighted by Crippen LogP contribution is 2.64. The van der Waals surface area contributed by atoms with Crippen LogP contribution in [0, 0.1) is 34.5 Å². The van der Waals surface area contributed by atoms with E-state index >= 15 is 0 Å². The molecule has 9 nitrogen and oxygen atoms in total. The summed E-state index contributed by atoms with van der Waals surface area (Å²) in [5, 5.41) is 9.58. The van der Waals surface area contributed by atoms with Gasteiger partial charge in [-0.2, -0.15) is 5.26 Å². The van der Waals surface area contributed by atoms with Gasteiger partial charge in [-0.3, -0.25) is 19.3 Å². The fourth-order valence-corrected chi connectivity index (χ4v) is 8.19. The summed E-state index contributed by atoms with van der Waals surface area (Å²) in [4.78, 5) is 41.8. The van der Waals surface area contributed by atoms with Crippen molar-refractivity contribution in [3.8, 4) is 6.07 Å². The fourth-order valence-electron chi connectivity index (χ4n) is 8.19. The van der Waals surface area contributed by atoms with E-state index in [0.29, 0.717) is 30.6 Å². The molecule has 6 fully saturated rings. The number of carbonyl (C=O) groups is 3. The maximum atomic E-state index is 13.6. The van der Waals surface area contributed by atoms with Gasteiger partial charge in [0.15, 0.2) is 0 Å². The van der Waals surface area contributed by atoms with Gasteiger partial charge in [0.2, 0.25) is 11.8 Å². The Morgan fingerprint density at radius 3 is 2.41 bits per heavy atom. The maximum Gasteiger partial charge on any atom is 0.323 e. The lowest BCUT2D eigenvalue weighted by molar-refractivity contribution is -0.209. The number of likely N-dealkylation sites (N-methyl/N-ethyl adjacent to an activating group) is 1. The van der Waals surface area contributed by atoms with Crippen molar-refractivity contribution >= 4 is 17.8 Å². The summed E-state index contributed by atoms with van der Waals surface area (Å²) in [7, 11) is 3.60. The zero-order valence-electron chi connectivity index (χ0n) is 20.2. The Morgan fingerprint density at radius 2 is 1.82 bits per heavy atom. The maximum absolute atomic E-state index is 13.6. The van der Waals surface area contributed by atoms with E-state index in [-0.39, 0.29) is 30.4 Å². The lowest BCUT2D eigenvalue weighted by Crippen LogP contribution is -2.66. The fraction of sp³-hybridized carbons (Fsp3) is 0.840. The number of rotatable bonds is 8. The van der Waals surface area contributed by atoms with Crippen LogP contribution < -0.4 is 11.5 Å². The molecule has 6 rings (SSSR count). The molecule has 9 heteroatoms. The molecular formula is C25H37N5O4. The topological polar surface area (TPSA) is 143 Å². The van der Waals surface area contributed by atoms with E-state index in [1.54, 1.807) is 23.9 Å². The van der Waals surface area contributed by atoms with Crippen LogP contribution in [0.5, 0.6) is 0 Å². The van der Waals surface area contributed by atoms with E-state index in [9.17, 15) is 19.6 Å². The van der Waals surface area contributed by atoms with Gasteiger partial charge in [-0.25, -0.2) is 0 Å². The first-order valence-corrected chi connectivity index (χ1v) is 12.7. The van der Waals surface area contributed by atoms with Crippen LogP contribution in [0.3, 0.4) is 0 Å². The normalized spacial score (nSPS) is 41.0. The first kappa shape index (κ1) is 23.6. The second-order valence-electron chi connectivity index (χ2n) is 12.1. The summed E-state index contributed by atoms with van der Waals surface area (Å²) in [5.41, 5.74) is 11.1. The van der Waals surface area contributed by atoms with Crippen molar-refractivity contribution in [1.82, 2.24) is 9.80 Å². The molecule has 6 aliphatic rings. The number of fused-ring (bicyclic) bond motifs is 1. The predicted octanol–water partition coefficient (Wildman–Crippen LogP) is 0.905.